The highest BCUT2D eigenvalue weighted by Crippen LogP contribution is 2.29. The zero-order valence-electron chi connectivity index (χ0n) is 13.7. The summed E-state index contributed by atoms with van der Waals surface area (Å²) in [6.45, 7) is 10.1. The second-order valence-corrected chi connectivity index (χ2v) is 7.76. The predicted octanol–water partition coefficient (Wildman–Crippen LogP) is 3.10. The Bertz CT molecular complexity index is 450. The van der Waals surface area contributed by atoms with E-state index < -0.39 is 0 Å². The average molecular weight is 287 g/mol. The van der Waals surface area contributed by atoms with E-state index in [4.69, 9.17) is 0 Å². The maximum Gasteiger partial charge on any atom is 0.0457 e. The normalized spacial score (nSPS) is 23.0. The maximum absolute atomic E-state index is 4.67. The van der Waals surface area contributed by atoms with Crippen molar-refractivity contribution in [3.63, 3.8) is 0 Å². The molecule has 3 nitrogen and oxygen atoms in total. The molecule has 1 atom stereocenters. The fraction of sp³-hybridized carbons (Fsp3) is 0.722. The molecule has 1 saturated heterocycles. The van der Waals surface area contributed by atoms with Gasteiger partial charge >= 0.3 is 0 Å². The molecule has 1 unspecified atom stereocenters. The quantitative estimate of drug-likeness (QED) is 0.902. The van der Waals surface area contributed by atoms with Crippen molar-refractivity contribution in [3.05, 3.63) is 29.6 Å². The Morgan fingerprint density at radius 3 is 2.57 bits per heavy atom. The zero-order valence-corrected chi connectivity index (χ0v) is 13.7. The van der Waals surface area contributed by atoms with Crippen molar-refractivity contribution in [2.75, 3.05) is 13.1 Å². The number of hydrogen-bond acceptors (Lipinski definition) is 3. The Kier molecular flexibility index (Phi) is 4.32. The molecule has 3 rings (SSSR count). The summed E-state index contributed by atoms with van der Waals surface area (Å²) in [5, 5.41) is 3.63. The lowest BCUT2D eigenvalue weighted by atomic mass is 9.91. The van der Waals surface area contributed by atoms with Gasteiger partial charge in [-0.3, -0.25) is 9.88 Å². The molecule has 2 fully saturated rings. The van der Waals surface area contributed by atoms with Crippen LogP contribution in [0.2, 0.25) is 0 Å². The largest absolute Gasteiger partial charge is 0.313 e. The monoisotopic (exact) mass is 287 g/mol. The smallest absolute Gasteiger partial charge is 0.0457 e. The molecule has 0 amide bonds. The summed E-state index contributed by atoms with van der Waals surface area (Å²) in [6, 6.07) is 5.99. The van der Waals surface area contributed by atoms with Crippen LogP contribution in [0, 0.1) is 0 Å². The molecule has 1 aliphatic carbocycles. The van der Waals surface area contributed by atoms with Gasteiger partial charge in [0.05, 0.1) is 0 Å². The molecule has 1 saturated carbocycles. The number of hydrogen-bond donors (Lipinski definition) is 1. The summed E-state index contributed by atoms with van der Waals surface area (Å²) in [4.78, 5) is 7.34. The summed E-state index contributed by atoms with van der Waals surface area (Å²) in [5.74, 6) is 0. The van der Waals surface area contributed by atoms with E-state index in [0.29, 0.717) is 6.04 Å². The Morgan fingerprint density at radius 2 is 2.05 bits per heavy atom. The Labute approximate surface area is 129 Å². The number of aromatic nitrogens is 1. The van der Waals surface area contributed by atoms with Crippen molar-refractivity contribution in [1.82, 2.24) is 15.2 Å². The summed E-state index contributed by atoms with van der Waals surface area (Å²) >= 11 is 0. The molecule has 0 radical (unpaired) electrons. The predicted molar refractivity (Wildman–Crippen MR) is 87.4 cm³/mol. The van der Waals surface area contributed by atoms with Gasteiger partial charge in [-0.25, -0.2) is 0 Å². The van der Waals surface area contributed by atoms with Crippen LogP contribution in [-0.2, 0) is 12.0 Å². The summed E-state index contributed by atoms with van der Waals surface area (Å²) in [7, 11) is 0. The Balaban J connectivity index is 1.62. The molecule has 0 bridgehead atoms. The van der Waals surface area contributed by atoms with Crippen LogP contribution in [0.4, 0.5) is 0 Å². The Hall–Kier alpha value is -0.930. The molecule has 2 aliphatic rings. The fourth-order valence-electron chi connectivity index (χ4n) is 3.17. The van der Waals surface area contributed by atoms with Crippen LogP contribution in [0.15, 0.2) is 18.3 Å². The number of nitrogens with one attached hydrogen (secondary N) is 1. The first-order valence-electron chi connectivity index (χ1n) is 8.45. The minimum Gasteiger partial charge on any atom is -0.313 e. The Morgan fingerprint density at radius 1 is 1.24 bits per heavy atom. The average Bonchev–Trinajstić information content (AvgIpc) is 3.16. The molecule has 3 heteroatoms. The molecular formula is C18H29N3. The van der Waals surface area contributed by atoms with Gasteiger partial charge in [-0.2, -0.15) is 0 Å². The SMILES string of the molecule is CC(C)(C)c1ccc(CN(CC2CCCN2)C2CC2)cn1. The van der Waals surface area contributed by atoms with Gasteiger partial charge < -0.3 is 5.32 Å². The first kappa shape index (κ1) is 15.0. The van der Waals surface area contributed by atoms with Crippen molar-refractivity contribution in [3.8, 4) is 0 Å². The van der Waals surface area contributed by atoms with E-state index in [1.807, 2.05) is 0 Å². The zero-order chi connectivity index (χ0) is 14.9. The van der Waals surface area contributed by atoms with Crippen molar-refractivity contribution in [2.45, 2.75) is 70.5 Å². The lowest BCUT2D eigenvalue weighted by molar-refractivity contribution is 0.231. The number of pyridine rings is 1. The minimum absolute atomic E-state index is 0.141. The van der Waals surface area contributed by atoms with E-state index in [-0.39, 0.29) is 5.41 Å². The van der Waals surface area contributed by atoms with Crippen LogP contribution in [0.25, 0.3) is 0 Å². The van der Waals surface area contributed by atoms with E-state index in [1.54, 1.807) is 0 Å². The number of rotatable bonds is 5. The topological polar surface area (TPSA) is 28.2 Å². The van der Waals surface area contributed by atoms with Crippen molar-refractivity contribution in [1.29, 1.82) is 0 Å². The van der Waals surface area contributed by atoms with Crippen LogP contribution in [-0.4, -0.2) is 35.1 Å². The molecule has 0 aromatic carbocycles. The van der Waals surface area contributed by atoms with Gasteiger partial charge in [-0.05, 0) is 43.9 Å². The van der Waals surface area contributed by atoms with E-state index in [9.17, 15) is 0 Å². The molecule has 2 heterocycles. The van der Waals surface area contributed by atoms with Gasteiger partial charge in [-0.15, -0.1) is 0 Å². The molecule has 0 spiro atoms. The van der Waals surface area contributed by atoms with Gasteiger partial charge in [0.15, 0.2) is 0 Å². The molecule has 1 aromatic heterocycles. The van der Waals surface area contributed by atoms with Gasteiger partial charge in [-0.1, -0.05) is 26.8 Å². The van der Waals surface area contributed by atoms with Crippen LogP contribution >= 0.6 is 0 Å². The van der Waals surface area contributed by atoms with Gasteiger partial charge in [0, 0.05) is 42.5 Å². The second-order valence-electron chi connectivity index (χ2n) is 7.76. The summed E-state index contributed by atoms with van der Waals surface area (Å²) in [5.41, 5.74) is 2.68. The van der Waals surface area contributed by atoms with Crippen molar-refractivity contribution in [2.24, 2.45) is 0 Å². The molecule has 1 aromatic rings. The second kappa shape index (κ2) is 6.05. The molecule has 116 valence electrons. The van der Waals surface area contributed by atoms with E-state index in [0.717, 1.165) is 12.6 Å². The summed E-state index contributed by atoms with van der Waals surface area (Å²) < 4.78 is 0. The molecule has 1 N–H and O–H groups in total. The van der Waals surface area contributed by atoms with Crippen LogP contribution < -0.4 is 5.32 Å². The fourth-order valence-corrected chi connectivity index (χ4v) is 3.17. The van der Waals surface area contributed by atoms with Crippen LogP contribution in [0.1, 0.15) is 57.7 Å². The maximum atomic E-state index is 4.67. The van der Waals surface area contributed by atoms with E-state index in [2.05, 4.69) is 54.3 Å². The standard InChI is InChI=1S/C18H29N3/c1-18(2,3)17-9-6-14(11-20-17)12-21(16-7-8-16)13-15-5-4-10-19-15/h6,9,11,15-16,19H,4-5,7-8,10,12-13H2,1-3H3. The van der Waals surface area contributed by atoms with Crippen molar-refractivity contribution < 1.29 is 0 Å². The molecular weight excluding hydrogens is 258 g/mol. The lowest BCUT2D eigenvalue weighted by Crippen LogP contribution is -2.38. The third kappa shape index (κ3) is 4.04. The highest BCUT2D eigenvalue weighted by atomic mass is 15.2. The van der Waals surface area contributed by atoms with E-state index >= 15 is 0 Å². The third-order valence-electron chi connectivity index (χ3n) is 4.66. The first-order valence-corrected chi connectivity index (χ1v) is 8.45. The first-order chi connectivity index (χ1) is 10.0. The van der Waals surface area contributed by atoms with E-state index in [1.165, 1.54) is 50.0 Å². The van der Waals surface area contributed by atoms with Gasteiger partial charge in [0.1, 0.15) is 0 Å². The molecule has 1 aliphatic heterocycles. The lowest BCUT2D eigenvalue weighted by Gasteiger charge is -2.26. The van der Waals surface area contributed by atoms with Crippen LogP contribution in [0.5, 0.6) is 0 Å². The van der Waals surface area contributed by atoms with Crippen LogP contribution in [0.3, 0.4) is 0 Å². The number of nitrogens with zero attached hydrogens (tertiary/aromatic N) is 2. The highest BCUT2D eigenvalue weighted by molar-refractivity contribution is 5.19. The summed E-state index contributed by atoms with van der Waals surface area (Å²) in [6.07, 6.45) is 7.51. The molecule has 21 heavy (non-hydrogen) atoms. The van der Waals surface area contributed by atoms with Gasteiger partial charge in [0.2, 0.25) is 0 Å². The van der Waals surface area contributed by atoms with Crippen molar-refractivity contribution >= 4 is 0 Å². The highest BCUT2D eigenvalue weighted by Gasteiger charge is 2.31. The third-order valence-corrected chi connectivity index (χ3v) is 4.66. The van der Waals surface area contributed by atoms with Gasteiger partial charge in [0.25, 0.3) is 0 Å². The minimum atomic E-state index is 0.141.